The maximum atomic E-state index is 14.9. The first-order valence-electron chi connectivity index (χ1n) is 7.86. The standard InChI is InChI=1S/C19H15F4N3/c1-12(19(21,22)23)26-17-11-24-16(10-25-17)15-9-5-8-14(18(15)20)13-6-3-2-4-7-13/h2-12H,1H3,(H,25,26). The van der Waals surface area contributed by atoms with Gasteiger partial charge in [-0.3, -0.25) is 4.98 Å². The van der Waals surface area contributed by atoms with Crippen LogP contribution in [0.4, 0.5) is 23.4 Å². The number of halogens is 4. The van der Waals surface area contributed by atoms with E-state index in [1.807, 2.05) is 18.2 Å². The number of hydrogen-bond acceptors (Lipinski definition) is 3. The molecule has 3 rings (SSSR count). The van der Waals surface area contributed by atoms with Crippen LogP contribution in [0.3, 0.4) is 0 Å². The van der Waals surface area contributed by atoms with Crippen LogP contribution in [-0.2, 0) is 0 Å². The Morgan fingerprint density at radius 2 is 1.58 bits per heavy atom. The normalized spacial score (nSPS) is 12.7. The molecule has 2 aromatic carbocycles. The summed E-state index contributed by atoms with van der Waals surface area (Å²) in [4.78, 5) is 7.96. The SMILES string of the molecule is CC(Nc1cnc(-c2cccc(-c3ccccc3)c2F)cn1)C(F)(F)F. The van der Waals surface area contributed by atoms with Crippen molar-refractivity contribution in [1.82, 2.24) is 9.97 Å². The predicted molar refractivity (Wildman–Crippen MR) is 92.0 cm³/mol. The van der Waals surface area contributed by atoms with E-state index in [2.05, 4.69) is 15.3 Å². The summed E-state index contributed by atoms with van der Waals surface area (Å²) < 4.78 is 52.6. The van der Waals surface area contributed by atoms with E-state index in [0.29, 0.717) is 5.56 Å². The summed E-state index contributed by atoms with van der Waals surface area (Å²) in [6.07, 6.45) is -1.98. The van der Waals surface area contributed by atoms with Crippen LogP contribution in [0.15, 0.2) is 60.9 Å². The molecule has 0 spiro atoms. The first kappa shape index (κ1) is 17.8. The van der Waals surface area contributed by atoms with Gasteiger partial charge in [-0.1, -0.05) is 42.5 Å². The lowest BCUT2D eigenvalue weighted by Gasteiger charge is -2.17. The van der Waals surface area contributed by atoms with Crippen molar-refractivity contribution < 1.29 is 17.6 Å². The fraction of sp³-hybridized carbons (Fsp3) is 0.158. The maximum Gasteiger partial charge on any atom is 0.408 e. The van der Waals surface area contributed by atoms with Crippen LogP contribution in [0.1, 0.15) is 6.92 Å². The molecule has 0 amide bonds. The number of nitrogens with zero attached hydrogens (tertiary/aromatic N) is 2. The Bertz CT molecular complexity index is 878. The first-order chi connectivity index (χ1) is 12.4. The van der Waals surface area contributed by atoms with E-state index in [4.69, 9.17) is 0 Å². The number of hydrogen-bond donors (Lipinski definition) is 1. The van der Waals surface area contributed by atoms with Gasteiger partial charge in [0.2, 0.25) is 0 Å². The van der Waals surface area contributed by atoms with Crippen LogP contribution in [0.2, 0.25) is 0 Å². The van der Waals surface area contributed by atoms with E-state index in [1.165, 1.54) is 6.20 Å². The van der Waals surface area contributed by atoms with E-state index < -0.39 is 18.0 Å². The molecule has 134 valence electrons. The molecule has 0 aliphatic carbocycles. The summed E-state index contributed by atoms with van der Waals surface area (Å²) in [7, 11) is 0. The zero-order valence-electron chi connectivity index (χ0n) is 13.8. The lowest BCUT2D eigenvalue weighted by Crippen LogP contribution is -2.33. The molecule has 0 saturated heterocycles. The third-order valence-electron chi connectivity index (χ3n) is 3.87. The molecule has 0 fully saturated rings. The Morgan fingerprint density at radius 1 is 0.885 bits per heavy atom. The quantitative estimate of drug-likeness (QED) is 0.640. The van der Waals surface area contributed by atoms with Gasteiger partial charge in [0, 0.05) is 11.1 Å². The average Bonchev–Trinajstić information content (AvgIpc) is 2.63. The van der Waals surface area contributed by atoms with Gasteiger partial charge < -0.3 is 5.32 Å². The van der Waals surface area contributed by atoms with Crippen molar-refractivity contribution in [2.45, 2.75) is 19.1 Å². The average molecular weight is 361 g/mol. The second-order valence-corrected chi connectivity index (χ2v) is 5.73. The minimum Gasteiger partial charge on any atom is -0.358 e. The topological polar surface area (TPSA) is 37.8 Å². The van der Waals surface area contributed by atoms with Crippen LogP contribution in [-0.4, -0.2) is 22.2 Å². The zero-order chi connectivity index (χ0) is 18.7. The van der Waals surface area contributed by atoms with Gasteiger partial charge in [-0.05, 0) is 18.6 Å². The van der Waals surface area contributed by atoms with Gasteiger partial charge in [0.15, 0.2) is 0 Å². The smallest absolute Gasteiger partial charge is 0.358 e. The molecule has 0 bridgehead atoms. The van der Waals surface area contributed by atoms with Crippen LogP contribution in [0.5, 0.6) is 0 Å². The van der Waals surface area contributed by atoms with E-state index >= 15 is 0 Å². The molecule has 1 unspecified atom stereocenters. The highest BCUT2D eigenvalue weighted by atomic mass is 19.4. The Morgan fingerprint density at radius 3 is 2.19 bits per heavy atom. The largest absolute Gasteiger partial charge is 0.408 e. The molecule has 1 heterocycles. The zero-order valence-corrected chi connectivity index (χ0v) is 13.8. The van der Waals surface area contributed by atoms with Gasteiger partial charge in [0.05, 0.1) is 18.1 Å². The number of alkyl halides is 3. The molecule has 3 nitrogen and oxygen atoms in total. The molecule has 0 aliphatic rings. The first-order valence-corrected chi connectivity index (χ1v) is 7.86. The molecule has 26 heavy (non-hydrogen) atoms. The lowest BCUT2D eigenvalue weighted by molar-refractivity contribution is -0.138. The molecule has 7 heteroatoms. The Hall–Kier alpha value is -2.96. The lowest BCUT2D eigenvalue weighted by atomic mass is 10.0. The molecule has 3 aromatic rings. The summed E-state index contributed by atoms with van der Waals surface area (Å²) in [5.74, 6) is -0.490. The highest BCUT2D eigenvalue weighted by Gasteiger charge is 2.36. The number of nitrogens with one attached hydrogen (secondary N) is 1. The van der Waals surface area contributed by atoms with Gasteiger partial charge in [-0.25, -0.2) is 9.37 Å². The minimum atomic E-state index is -4.39. The number of rotatable bonds is 4. The van der Waals surface area contributed by atoms with Gasteiger partial charge >= 0.3 is 6.18 Å². The summed E-state index contributed by atoms with van der Waals surface area (Å²) in [5, 5.41) is 2.22. The Kier molecular flexibility index (Phi) is 4.88. The molecular weight excluding hydrogens is 346 g/mol. The van der Waals surface area contributed by atoms with Crippen molar-refractivity contribution in [3.8, 4) is 22.4 Å². The molecule has 0 saturated carbocycles. The van der Waals surface area contributed by atoms with Crippen LogP contribution < -0.4 is 5.32 Å². The van der Waals surface area contributed by atoms with Crippen molar-refractivity contribution in [1.29, 1.82) is 0 Å². The van der Waals surface area contributed by atoms with Crippen molar-refractivity contribution in [3.63, 3.8) is 0 Å². The summed E-state index contributed by atoms with van der Waals surface area (Å²) in [6, 6.07) is 12.2. The molecule has 1 atom stereocenters. The van der Waals surface area contributed by atoms with Crippen LogP contribution in [0, 0.1) is 5.82 Å². The van der Waals surface area contributed by atoms with Crippen molar-refractivity contribution in [2.75, 3.05) is 5.32 Å². The third-order valence-corrected chi connectivity index (χ3v) is 3.87. The van der Waals surface area contributed by atoms with Gasteiger partial charge in [0.25, 0.3) is 0 Å². The third kappa shape index (κ3) is 3.82. The summed E-state index contributed by atoms with van der Waals surface area (Å²) in [6.45, 7) is 0.985. The number of anilines is 1. The highest BCUT2D eigenvalue weighted by molar-refractivity contribution is 5.72. The Balaban J connectivity index is 1.88. The monoisotopic (exact) mass is 361 g/mol. The van der Waals surface area contributed by atoms with Crippen molar-refractivity contribution >= 4 is 5.82 Å². The van der Waals surface area contributed by atoms with E-state index in [0.717, 1.165) is 18.7 Å². The van der Waals surface area contributed by atoms with Gasteiger partial charge in [-0.2, -0.15) is 13.2 Å². The fourth-order valence-corrected chi connectivity index (χ4v) is 2.42. The van der Waals surface area contributed by atoms with E-state index in [1.54, 1.807) is 30.3 Å². The van der Waals surface area contributed by atoms with Crippen LogP contribution >= 0.6 is 0 Å². The summed E-state index contributed by atoms with van der Waals surface area (Å²) >= 11 is 0. The predicted octanol–water partition coefficient (Wildman–Crippen LogP) is 5.31. The van der Waals surface area contributed by atoms with Gasteiger partial charge in [-0.15, -0.1) is 0 Å². The van der Waals surface area contributed by atoms with E-state index in [-0.39, 0.29) is 17.1 Å². The molecular formula is C19H15F4N3. The van der Waals surface area contributed by atoms with Gasteiger partial charge in [0.1, 0.15) is 17.7 Å². The van der Waals surface area contributed by atoms with Crippen molar-refractivity contribution in [3.05, 3.63) is 66.7 Å². The number of benzene rings is 2. The second-order valence-electron chi connectivity index (χ2n) is 5.73. The minimum absolute atomic E-state index is 0.0294. The molecule has 1 N–H and O–H groups in total. The molecule has 0 aliphatic heterocycles. The van der Waals surface area contributed by atoms with E-state index in [9.17, 15) is 17.6 Å². The highest BCUT2D eigenvalue weighted by Crippen LogP contribution is 2.30. The molecule has 1 aromatic heterocycles. The fourth-order valence-electron chi connectivity index (χ4n) is 2.42. The summed E-state index contributed by atoms with van der Waals surface area (Å²) in [5.41, 5.74) is 1.61. The van der Waals surface area contributed by atoms with Crippen molar-refractivity contribution in [2.24, 2.45) is 0 Å². The number of aromatic nitrogens is 2. The maximum absolute atomic E-state index is 14.9. The Labute approximate surface area is 147 Å². The molecule has 0 radical (unpaired) electrons. The second kappa shape index (κ2) is 7.11. The van der Waals surface area contributed by atoms with Crippen LogP contribution in [0.25, 0.3) is 22.4 Å².